The molecule has 7 heteroatoms. The van der Waals surface area contributed by atoms with Gasteiger partial charge in [-0.05, 0) is 51.4 Å². The van der Waals surface area contributed by atoms with E-state index in [4.69, 9.17) is 26.5 Å². The van der Waals surface area contributed by atoms with Gasteiger partial charge in [0, 0.05) is 17.9 Å². The van der Waals surface area contributed by atoms with Crippen LogP contribution in [0.4, 0.5) is 0 Å². The van der Waals surface area contributed by atoms with Crippen molar-refractivity contribution < 1.29 is 9.26 Å². The van der Waals surface area contributed by atoms with Gasteiger partial charge >= 0.3 is 0 Å². The molecule has 0 aliphatic carbocycles. The van der Waals surface area contributed by atoms with Crippen LogP contribution in [0.15, 0.2) is 58.8 Å². The van der Waals surface area contributed by atoms with Crippen molar-refractivity contribution >= 4 is 22.9 Å². The van der Waals surface area contributed by atoms with Crippen LogP contribution in [-0.4, -0.2) is 39.4 Å². The Balaban J connectivity index is 1.56. The molecule has 0 bridgehead atoms. The second kappa shape index (κ2) is 9.08. The topological polar surface area (TPSA) is 63.4 Å². The van der Waals surface area contributed by atoms with Crippen molar-refractivity contribution in [1.82, 2.24) is 20.4 Å². The van der Waals surface area contributed by atoms with E-state index in [1.165, 1.54) is 11.1 Å². The van der Waals surface area contributed by atoms with Crippen LogP contribution in [-0.2, 0) is 4.74 Å². The summed E-state index contributed by atoms with van der Waals surface area (Å²) in [6, 6.07) is 16.4. The highest BCUT2D eigenvalue weighted by Gasteiger charge is 2.35. The number of rotatable bonds is 5. The van der Waals surface area contributed by atoms with Gasteiger partial charge in [-0.1, -0.05) is 64.8 Å². The minimum Gasteiger partial charge on any atom is -0.376 e. The van der Waals surface area contributed by atoms with E-state index >= 15 is 0 Å². The Morgan fingerprint density at radius 3 is 2.39 bits per heavy atom. The Morgan fingerprint density at radius 2 is 1.73 bits per heavy atom. The van der Waals surface area contributed by atoms with Gasteiger partial charge in [0.15, 0.2) is 5.11 Å². The van der Waals surface area contributed by atoms with Crippen LogP contribution in [0.1, 0.15) is 48.4 Å². The summed E-state index contributed by atoms with van der Waals surface area (Å²) in [7, 11) is 0. The molecule has 0 radical (unpaired) electrons. The molecule has 0 spiro atoms. The van der Waals surface area contributed by atoms with Crippen molar-refractivity contribution in [2.45, 2.75) is 45.8 Å². The zero-order valence-electron chi connectivity index (χ0n) is 19.2. The van der Waals surface area contributed by atoms with E-state index in [1.54, 1.807) is 0 Å². The van der Waals surface area contributed by atoms with Crippen LogP contribution in [0.2, 0.25) is 0 Å². The number of aromatic nitrogens is 2. The number of allylic oxidation sites excluding steroid dienone is 1. The minimum atomic E-state index is -0.176. The highest BCUT2D eigenvalue weighted by molar-refractivity contribution is 7.80. The van der Waals surface area contributed by atoms with Crippen LogP contribution in [0.3, 0.4) is 0 Å². The van der Waals surface area contributed by atoms with Gasteiger partial charge in [-0.15, -0.1) is 0 Å². The van der Waals surface area contributed by atoms with Crippen LogP contribution >= 0.6 is 12.2 Å². The number of benzene rings is 2. The molecule has 1 fully saturated rings. The van der Waals surface area contributed by atoms with Crippen LogP contribution in [0.25, 0.3) is 17.0 Å². The minimum absolute atomic E-state index is 0.169. The molecule has 0 saturated carbocycles. The highest BCUT2D eigenvalue weighted by Crippen LogP contribution is 2.38. The zero-order chi connectivity index (χ0) is 22.9. The number of hydrogen-bond donors (Lipinski definition) is 1. The van der Waals surface area contributed by atoms with E-state index in [1.807, 2.05) is 12.1 Å². The Morgan fingerprint density at radius 1 is 1.03 bits per heavy atom. The summed E-state index contributed by atoms with van der Waals surface area (Å²) >= 11 is 5.80. The average molecular weight is 461 g/mol. The fourth-order valence-corrected chi connectivity index (χ4v) is 4.76. The summed E-state index contributed by atoms with van der Waals surface area (Å²) in [5, 5.41) is 8.51. The summed E-state index contributed by atoms with van der Waals surface area (Å²) in [6.45, 7) is 7.74. The lowest BCUT2D eigenvalue weighted by molar-refractivity contribution is 0.0962. The quantitative estimate of drug-likeness (QED) is 0.525. The van der Waals surface area contributed by atoms with E-state index in [0.29, 0.717) is 23.4 Å². The Bertz CT molecular complexity index is 1180. The number of nitrogens with one attached hydrogen (secondary N) is 1. The second-order valence-electron chi connectivity index (χ2n) is 8.83. The number of aryl methyl sites for hydroxylation is 2. The number of ether oxygens (including phenoxy) is 1. The lowest BCUT2D eigenvalue weighted by Gasteiger charge is -2.38. The van der Waals surface area contributed by atoms with Gasteiger partial charge < -0.3 is 19.5 Å². The van der Waals surface area contributed by atoms with Gasteiger partial charge in [0.2, 0.25) is 5.82 Å². The first-order valence-corrected chi connectivity index (χ1v) is 11.8. The Hall–Kier alpha value is -3.03. The van der Waals surface area contributed by atoms with E-state index in [0.717, 1.165) is 41.8 Å². The molecule has 2 atom stereocenters. The van der Waals surface area contributed by atoms with Gasteiger partial charge in [-0.3, -0.25) is 0 Å². The molecule has 5 rings (SSSR count). The van der Waals surface area contributed by atoms with Gasteiger partial charge in [-0.25, -0.2) is 0 Å². The molecule has 2 unspecified atom stereocenters. The van der Waals surface area contributed by atoms with Crippen molar-refractivity contribution in [2.24, 2.45) is 0 Å². The summed E-state index contributed by atoms with van der Waals surface area (Å²) < 4.78 is 11.7. The van der Waals surface area contributed by atoms with Crippen molar-refractivity contribution in [2.75, 3.05) is 13.2 Å². The maximum Gasteiger partial charge on any atom is 0.258 e. The summed E-state index contributed by atoms with van der Waals surface area (Å²) in [5.41, 5.74) is 6.38. The van der Waals surface area contributed by atoms with Gasteiger partial charge in [-0.2, -0.15) is 4.98 Å². The number of nitrogens with zero attached hydrogens (tertiary/aromatic N) is 3. The molecule has 1 saturated heterocycles. The first-order chi connectivity index (χ1) is 16.0. The van der Waals surface area contributed by atoms with Gasteiger partial charge in [0.25, 0.3) is 5.89 Å². The molecular formula is C26H28N4O2S. The monoisotopic (exact) mass is 460 g/mol. The molecular weight excluding hydrogens is 432 g/mol. The summed E-state index contributed by atoms with van der Waals surface area (Å²) in [6.07, 6.45) is 2.30. The Kier molecular flexibility index (Phi) is 6.00. The maximum atomic E-state index is 5.89. The number of hydrogen-bond acceptors (Lipinski definition) is 5. The predicted molar refractivity (Wildman–Crippen MR) is 132 cm³/mol. The molecule has 2 aromatic carbocycles. The average Bonchev–Trinajstić information content (AvgIpc) is 3.50. The first-order valence-electron chi connectivity index (χ1n) is 11.4. The SMILES string of the molecule is CC1=C(c2nc(-c3ccc(C)cc3)no2)C(c2ccc(C)cc2)NC(=S)N1CC1CCCO1. The van der Waals surface area contributed by atoms with Crippen molar-refractivity contribution in [3.8, 4) is 11.4 Å². The molecule has 1 aromatic heterocycles. The fraction of sp³-hybridized carbons (Fsp3) is 0.346. The zero-order valence-corrected chi connectivity index (χ0v) is 20.0. The van der Waals surface area contributed by atoms with E-state index in [2.05, 4.69) is 72.5 Å². The smallest absolute Gasteiger partial charge is 0.258 e. The standard InChI is InChI=1S/C26H28N4O2S/c1-16-6-10-19(11-7-16)23-22(18(3)30(26(33)27-23)15-21-5-4-14-31-21)25-28-24(29-32-25)20-12-8-17(2)9-13-20/h6-13,21,23H,4-5,14-15H2,1-3H3,(H,27,33). The summed E-state index contributed by atoms with van der Waals surface area (Å²) in [4.78, 5) is 6.90. The molecule has 170 valence electrons. The predicted octanol–water partition coefficient (Wildman–Crippen LogP) is 5.19. The molecule has 2 aliphatic heterocycles. The molecule has 1 N–H and O–H groups in total. The third-order valence-electron chi connectivity index (χ3n) is 6.38. The third-order valence-corrected chi connectivity index (χ3v) is 6.72. The maximum absolute atomic E-state index is 5.89. The van der Waals surface area contributed by atoms with E-state index in [9.17, 15) is 0 Å². The van der Waals surface area contributed by atoms with Gasteiger partial charge in [0.05, 0.1) is 24.3 Å². The van der Waals surface area contributed by atoms with Crippen molar-refractivity contribution in [3.63, 3.8) is 0 Å². The Labute approximate surface area is 199 Å². The summed E-state index contributed by atoms with van der Waals surface area (Å²) in [5.74, 6) is 1.08. The molecule has 3 aromatic rings. The van der Waals surface area contributed by atoms with Gasteiger partial charge in [0.1, 0.15) is 0 Å². The van der Waals surface area contributed by atoms with Crippen molar-refractivity contribution in [3.05, 3.63) is 76.8 Å². The molecule has 33 heavy (non-hydrogen) atoms. The largest absolute Gasteiger partial charge is 0.376 e. The molecule has 0 amide bonds. The van der Waals surface area contributed by atoms with E-state index in [-0.39, 0.29) is 12.1 Å². The van der Waals surface area contributed by atoms with Crippen LogP contribution in [0.5, 0.6) is 0 Å². The van der Waals surface area contributed by atoms with E-state index < -0.39 is 0 Å². The van der Waals surface area contributed by atoms with Crippen LogP contribution < -0.4 is 5.32 Å². The van der Waals surface area contributed by atoms with Crippen molar-refractivity contribution in [1.29, 1.82) is 0 Å². The highest BCUT2D eigenvalue weighted by atomic mass is 32.1. The van der Waals surface area contributed by atoms with Crippen LogP contribution in [0, 0.1) is 13.8 Å². The number of thiocarbonyl (C=S) groups is 1. The lowest BCUT2D eigenvalue weighted by atomic mass is 9.94. The normalized spacial score (nSPS) is 20.9. The molecule has 6 nitrogen and oxygen atoms in total. The first kappa shape index (κ1) is 21.8. The molecule has 2 aliphatic rings. The fourth-order valence-electron chi connectivity index (χ4n) is 4.43. The second-order valence-corrected chi connectivity index (χ2v) is 9.21. The molecule has 3 heterocycles. The third kappa shape index (κ3) is 4.43. The lowest BCUT2D eigenvalue weighted by Crippen LogP contribution is -2.48.